The van der Waals surface area contributed by atoms with Crippen LogP contribution in [0.15, 0.2) is 76.6 Å². The van der Waals surface area contributed by atoms with Gasteiger partial charge in [-0.15, -0.1) is 10.2 Å². The van der Waals surface area contributed by atoms with E-state index in [0.717, 1.165) is 16.9 Å². The number of rotatable bonds is 7. The van der Waals surface area contributed by atoms with Crippen LogP contribution in [0, 0.1) is 5.82 Å². The van der Waals surface area contributed by atoms with Crippen LogP contribution < -0.4 is 9.64 Å². The molecule has 0 unspecified atom stereocenters. The highest BCUT2D eigenvalue weighted by Crippen LogP contribution is 2.44. The Bertz CT molecular complexity index is 1790. The Labute approximate surface area is 254 Å². The largest absolute Gasteiger partial charge is 0.507 e. The minimum atomic E-state index is -1.06. The molecule has 0 spiro atoms. The number of carbonyl (C=O) groups excluding carboxylic acids is 3. The summed E-state index contributed by atoms with van der Waals surface area (Å²) in [7, 11) is 1.27. The lowest BCUT2D eigenvalue weighted by Gasteiger charge is -2.22. The zero-order chi connectivity index (χ0) is 30.2. The number of Topliss-reactive ketones (excluding diaryl/α,β-unsaturated/α-hetero) is 1. The van der Waals surface area contributed by atoms with Gasteiger partial charge in [0.25, 0.3) is 5.78 Å². The van der Waals surface area contributed by atoms with E-state index in [1.807, 2.05) is 6.92 Å². The van der Waals surface area contributed by atoms with Gasteiger partial charge in [0.2, 0.25) is 5.13 Å². The zero-order valence-corrected chi connectivity index (χ0v) is 24.6. The van der Waals surface area contributed by atoms with E-state index in [0.29, 0.717) is 39.0 Å². The number of anilines is 1. The summed E-state index contributed by atoms with van der Waals surface area (Å²) >= 11 is 2.32. The van der Waals surface area contributed by atoms with Crippen LogP contribution in [0.2, 0.25) is 0 Å². The van der Waals surface area contributed by atoms with Crippen LogP contribution in [0.1, 0.15) is 45.6 Å². The highest BCUT2D eigenvalue weighted by molar-refractivity contribution is 8.00. The van der Waals surface area contributed by atoms with Crippen LogP contribution in [-0.2, 0) is 26.5 Å². The van der Waals surface area contributed by atoms with Gasteiger partial charge in [-0.3, -0.25) is 14.5 Å². The number of thioether (sulfide) groups is 1. The van der Waals surface area contributed by atoms with Crippen molar-refractivity contribution in [2.75, 3.05) is 12.0 Å². The molecule has 9 nitrogen and oxygen atoms in total. The number of carbonyl (C=O) groups is 3. The number of halogens is 1. The highest BCUT2D eigenvalue weighted by Gasteiger charge is 2.48. The Hall–Kier alpha value is -4.55. The first-order valence-corrected chi connectivity index (χ1v) is 15.0. The van der Waals surface area contributed by atoms with Crippen molar-refractivity contribution < 1.29 is 33.4 Å². The van der Waals surface area contributed by atoms with Crippen molar-refractivity contribution in [1.29, 1.82) is 0 Å². The quantitative estimate of drug-likeness (QED) is 0.0695. The second-order valence-corrected chi connectivity index (χ2v) is 12.1. The molecule has 1 N–H and O–H groups in total. The van der Waals surface area contributed by atoms with Gasteiger partial charge in [-0.2, -0.15) is 0 Å². The molecule has 1 saturated heterocycles. The van der Waals surface area contributed by atoms with E-state index in [1.165, 1.54) is 42.0 Å². The Morgan fingerprint density at radius 3 is 2.60 bits per heavy atom. The Morgan fingerprint density at radius 1 is 1.12 bits per heavy atom. The van der Waals surface area contributed by atoms with E-state index < -0.39 is 23.7 Å². The fourth-order valence-electron chi connectivity index (χ4n) is 5.10. The van der Waals surface area contributed by atoms with Crippen molar-refractivity contribution in [2.45, 2.75) is 35.6 Å². The number of nitrogens with zero attached hydrogens (tertiary/aromatic N) is 3. The van der Waals surface area contributed by atoms with Crippen LogP contribution in [0.3, 0.4) is 0 Å². The van der Waals surface area contributed by atoms with Crippen molar-refractivity contribution in [3.05, 3.63) is 106 Å². The lowest BCUT2D eigenvalue weighted by molar-refractivity contribution is -0.132. The second kappa shape index (κ2) is 11.6. The number of fused-ring (bicyclic) bond motifs is 1. The number of aromatic nitrogens is 2. The smallest absolute Gasteiger partial charge is 0.337 e. The summed E-state index contributed by atoms with van der Waals surface area (Å²) in [6.07, 6.45) is 0.621. The monoisotopic (exact) mass is 617 g/mol. The van der Waals surface area contributed by atoms with Crippen molar-refractivity contribution in [1.82, 2.24) is 10.2 Å². The first-order chi connectivity index (χ1) is 20.7. The number of amides is 1. The molecule has 0 saturated carbocycles. The third-order valence-electron chi connectivity index (χ3n) is 7.17. The summed E-state index contributed by atoms with van der Waals surface area (Å²) in [6, 6.07) is 16.7. The number of esters is 1. The molecule has 0 aliphatic carbocycles. The van der Waals surface area contributed by atoms with Crippen LogP contribution in [0.5, 0.6) is 5.75 Å². The molecule has 3 aromatic carbocycles. The second-order valence-electron chi connectivity index (χ2n) is 9.97. The minimum Gasteiger partial charge on any atom is -0.507 e. The molecule has 6 rings (SSSR count). The third kappa shape index (κ3) is 5.39. The molecule has 2 atom stereocenters. The van der Waals surface area contributed by atoms with E-state index in [4.69, 9.17) is 9.47 Å². The average Bonchev–Trinajstić information content (AvgIpc) is 3.70. The van der Waals surface area contributed by atoms with Crippen molar-refractivity contribution in [2.24, 2.45) is 0 Å². The minimum absolute atomic E-state index is 0.0193. The van der Waals surface area contributed by atoms with E-state index >= 15 is 0 Å². The summed E-state index contributed by atoms with van der Waals surface area (Å²) in [5.74, 6) is -2.01. The number of hydrogen-bond acceptors (Lipinski definition) is 10. The summed E-state index contributed by atoms with van der Waals surface area (Å²) in [6.45, 7) is 1.94. The molecule has 12 heteroatoms. The maximum Gasteiger partial charge on any atom is 0.337 e. The maximum atomic E-state index is 14.1. The number of ether oxygens (including phenoxy) is 2. The zero-order valence-electron chi connectivity index (χ0n) is 22.9. The van der Waals surface area contributed by atoms with Gasteiger partial charge in [-0.05, 0) is 60.0 Å². The van der Waals surface area contributed by atoms with E-state index in [-0.39, 0.29) is 33.9 Å². The topological polar surface area (TPSA) is 119 Å². The number of methoxy groups -OCH3 is 1. The van der Waals surface area contributed by atoms with Crippen molar-refractivity contribution in [3.63, 3.8) is 0 Å². The van der Waals surface area contributed by atoms with E-state index in [9.17, 15) is 23.9 Å². The molecule has 1 fully saturated rings. The lowest BCUT2D eigenvalue weighted by atomic mass is 9.94. The Kier molecular flexibility index (Phi) is 7.72. The van der Waals surface area contributed by atoms with Crippen LogP contribution in [0.25, 0.3) is 5.76 Å². The molecule has 2 aliphatic rings. The Morgan fingerprint density at radius 2 is 1.86 bits per heavy atom. The molecule has 218 valence electrons. The molecule has 3 heterocycles. The van der Waals surface area contributed by atoms with Gasteiger partial charge in [0, 0.05) is 17.7 Å². The summed E-state index contributed by atoms with van der Waals surface area (Å²) in [5.41, 5.74) is 2.35. The van der Waals surface area contributed by atoms with Crippen molar-refractivity contribution in [3.8, 4) is 5.75 Å². The first kappa shape index (κ1) is 28.6. The normalized spacial score (nSPS) is 18.9. The molecule has 1 amide bonds. The molecule has 43 heavy (non-hydrogen) atoms. The molecular weight excluding hydrogens is 593 g/mol. The van der Waals surface area contributed by atoms with E-state index in [1.54, 1.807) is 48.5 Å². The summed E-state index contributed by atoms with van der Waals surface area (Å²) in [5, 5.41) is 20.0. The van der Waals surface area contributed by atoms with Gasteiger partial charge >= 0.3 is 11.9 Å². The summed E-state index contributed by atoms with van der Waals surface area (Å²) in [4.78, 5) is 40.3. The fraction of sp³-hybridized carbons (Fsp3) is 0.194. The molecular formula is C31H24FN3O6S2. The lowest BCUT2D eigenvalue weighted by Crippen LogP contribution is -2.29. The highest BCUT2D eigenvalue weighted by atomic mass is 32.2. The number of aliphatic hydroxyl groups excluding tert-OH is 1. The SMILES string of the molecule is COC(=O)c1ccc([C@H]2C(=C(O)c3ccc4c(c3)C[C@@H](C)O4)C(=O)C(=O)N2c2nnc(SCc3ccccc3F)s2)cc1. The van der Waals surface area contributed by atoms with Gasteiger partial charge in [0.05, 0.1) is 24.3 Å². The predicted octanol–water partition coefficient (Wildman–Crippen LogP) is 5.71. The number of benzene rings is 3. The number of hydrogen-bond donors (Lipinski definition) is 1. The number of ketones is 1. The maximum absolute atomic E-state index is 14.1. The predicted molar refractivity (Wildman–Crippen MR) is 159 cm³/mol. The van der Waals surface area contributed by atoms with Gasteiger partial charge in [0.15, 0.2) is 4.34 Å². The Balaban J connectivity index is 1.40. The molecule has 4 aromatic rings. The van der Waals surface area contributed by atoms with Gasteiger partial charge in [-0.25, -0.2) is 9.18 Å². The van der Waals surface area contributed by atoms with Gasteiger partial charge in [0.1, 0.15) is 23.4 Å². The molecule has 0 bridgehead atoms. The third-order valence-corrected chi connectivity index (χ3v) is 9.28. The van der Waals surface area contributed by atoms with Crippen LogP contribution in [-0.4, -0.2) is 46.2 Å². The number of aliphatic hydroxyl groups is 1. The standard InChI is InChI=1S/C31H24FN3O6S2/c1-16-13-21-14-19(11-12-23(21)41-16)26(36)24-25(17-7-9-18(10-8-17)29(39)40-2)35(28(38)27(24)37)30-33-34-31(43-30)42-15-20-5-3-4-6-22(20)32/h3-12,14,16,25,36H,13,15H2,1-2H3/t16-,25+/m1/s1. The van der Waals surface area contributed by atoms with Crippen LogP contribution in [0.4, 0.5) is 9.52 Å². The molecule has 0 radical (unpaired) electrons. The molecule has 1 aromatic heterocycles. The first-order valence-electron chi connectivity index (χ1n) is 13.2. The van der Waals surface area contributed by atoms with Crippen LogP contribution >= 0.6 is 23.1 Å². The van der Waals surface area contributed by atoms with Gasteiger partial charge < -0.3 is 14.6 Å². The average molecular weight is 618 g/mol. The fourth-order valence-corrected chi connectivity index (χ4v) is 6.96. The van der Waals surface area contributed by atoms with Gasteiger partial charge in [-0.1, -0.05) is 53.4 Å². The van der Waals surface area contributed by atoms with Crippen molar-refractivity contribution >= 4 is 51.6 Å². The van der Waals surface area contributed by atoms with E-state index in [2.05, 4.69) is 10.2 Å². The molecule has 2 aliphatic heterocycles. The summed E-state index contributed by atoms with van der Waals surface area (Å²) < 4.78 is 25.2.